The fourth-order valence-corrected chi connectivity index (χ4v) is 3.61. The van der Waals surface area contributed by atoms with Gasteiger partial charge in [-0.25, -0.2) is 0 Å². The van der Waals surface area contributed by atoms with E-state index in [1.165, 1.54) is 64.2 Å². The molecule has 1 rings (SSSR count). The van der Waals surface area contributed by atoms with E-state index in [2.05, 4.69) is 12.2 Å². The monoisotopic (exact) mass is 425 g/mol. The molecule has 0 heterocycles. The molecule has 0 saturated carbocycles. The average molecular weight is 426 g/mol. The Kier molecular flexibility index (Phi) is 19.5. The molecule has 1 amide bonds. The van der Waals surface area contributed by atoms with E-state index >= 15 is 0 Å². The van der Waals surface area contributed by atoms with Gasteiger partial charge >= 0.3 is 29.6 Å². The zero-order chi connectivity index (χ0) is 21.2. The van der Waals surface area contributed by atoms with E-state index in [1.807, 2.05) is 30.3 Å². The molecule has 0 aliphatic rings. The number of carboxylic acid groups (broad SMARTS) is 1. The molecule has 0 radical (unpaired) electrons. The zero-order valence-electron chi connectivity index (χ0n) is 19.3. The maximum absolute atomic E-state index is 12.0. The minimum Gasteiger partial charge on any atom is -0.548 e. The minimum atomic E-state index is -1.23. The fraction of sp³-hybridized carbons (Fsp3) is 0.680. The topological polar surface area (TPSA) is 69.2 Å². The molecule has 1 N–H and O–H groups in total. The SMILES string of the molecule is CCCCCCCCCCCCCCCC(=O)NC(Cc1ccccc1)C(=O)[O-].[Na+]. The van der Waals surface area contributed by atoms with Gasteiger partial charge in [0.1, 0.15) is 0 Å². The Balaban J connectivity index is 0.00000841. The molecule has 0 aliphatic carbocycles. The van der Waals surface area contributed by atoms with Crippen molar-refractivity contribution in [3.63, 3.8) is 0 Å². The number of carboxylic acids is 1. The van der Waals surface area contributed by atoms with Gasteiger partial charge in [-0.05, 0) is 18.4 Å². The summed E-state index contributed by atoms with van der Waals surface area (Å²) in [6, 6.07) is 8.34. The number of unbranched alkanes of at least 4 members (excludes halogenated alkanes) is 12. The molecular weight excluding hydrogens is 385 g/mol. The molecular formula is C25H40NNaO3. The summed E-state index contributed by atoms with van der Waals surface area (Å²) in [4.78, 5) is 23.3. The molecule has 4 nitrogen and oxygen atoms in total. The minimum absolute atomic E-state index is 0. The Labute approximate surface area is 205 Å². The molecule has 1 atom stereocenters. The van der Waals surface area contributed by atoms with E-state index in [9.17, 15) is 14.7 Å². The molecule has 0 bridgehead atoms. The van der Waals surface area contributed by atoms with Crippen LogP contribution in [-0.4, -0.2) is 17.9 Å². The van der Waals surface area contributed by atoms with Gasteiger partial charge in [-0.3, -0.25) is 4.79 Å². The van der Waals surface area contributed by atoms with Crippen LogP contribution in [0, 0.1) is 0 Å². The van der Waals surface area contributed by atoms with Crippen molar-refractivity contribution < 1.29 is 44.3 Å². The molecule has 0 saturated heterocycles. The van der Waals surface area contributed by atoms with Crippen molar-refractivity contribution in [2.24, 2.45) is 0 Å². The smallest absolute Gasteiger partial charge is 0.548 e. The molecule has 164 valence electrons. The molecule has 0 aliphatic heterocycles. The Bertz CT molecular complexity index is 551. The van der Waals surface area contributed by atoms with Crippen molar-refractivity contribution in [1.29, 1.82) is 0 Å². The van der Waals surface area contributed by atoms with Crippen molar-refractivity contribution >= 4 is 11.9 Å². The number of amides is 1. The summed E-state index contributed by atoms with van der Waals surface area (Å²) in [7, 11) is 0. The summed E-state index contributed by atoms with van der Waals surface area (Å²) in [6.45, 7) is 2.25. The first-order valence-electron chi connectivity index (χ1n) is 11.7. The number of rotatable bonds is 18. The number of carbonyl (C=O) groups is 2. The van der Waals surface area contributed by atoms with E-state index in [0.717, 1.165) is 24.8 Å². The summed E-state index contributed by atoms with van der Waals surface area (Å²) < 4.78 is 0. The summed E-state index contributed by atoms with van der Waals surface area (Å²) in [5, 5.41) is 13.9. The van der Waals surface area contributed by atoms with Crippen molar-refractivity contribution in [3.05, 3.63) is 35.9 Å². The number of carbonyl (C=O) groups excluding carboxylic acids is 2. The molecule has 30 heavy (non-hydrogen) atoms. The molecule has 1 aromatic carbocycles. The van der Waals surface area contributed by atoms with Gasteiger partial charge in [0.25, 0.3) is 0 Å². The van der Waals surface area contributed by atoms with Crippen molar-refractivity contribution in [2.75, 3.05) is 0 Å². The second-order valence-corrected chi connectivity index (χ2v) is 8.12. The Morgan fingerprint density at radius 3 is 1.73 bits per heavy atom. The number of nitrogens with one attached hydrogen (secondary N) is 1. The van der Waals surface area contributed by atoms with Crippen LogP contribution in [0.15, 0.2) is 30.3 Å². The van der Waals surface area contributed by atoms with Crippen LogP contribution in [0.4, 0.5) is 0 Å². The Hall–Kier alpha value is -0.840. The number of hydrogen-bond donors (Lipinski definition) is 1. The summed E-state index contributed by atoms with van der Waals surface area (Å²) >= 11 is 0. The predicted molar refractivity (Wildman–Crippen MR) is 117 cm³/mol. The normalized spacial score (nSPS) is 11.5. The van der Waals surface area contributed by atoms with Crippen molar-refractivity contribution in [1.82, 2.24) is 5.32 Å². The maximum Gasteiger partial charge on any atom is 1.00 e. The Morgan fingerprint density at radius 1 is 0.800 bits per heavy atom. The van der Waals surface area contributed by atoms with Crippen LogP contribution in [0.25, 0.3) is 0 Å². The Morgan fingerprint density at radius 2 is 1.27 bits per heavy atom. The van der Waals surface area contributed by atoms with Gasteiger partial charge in [-0.15, -0.1) is 0 Å². The van der Waals surface area contributed by atoms with Gasteiger partial charge < -0.3 is 15.2 Å². The van der Waals surface area contributed by atoms with E-state index in [1.54, 1.807) is 0 Å². The number of aliphatic carboxylic acids is 1. The first-order chi connectivity index (χ1) is 14.1. The van der Waals surface area contributed by atoms with Crippen molar-refractivity contribution in [2.45, 2.75) is 109 Å². The van der Waals surface area contributed by atoms with E-state index in [4.69, 9.17) is 0 Å². The van der Waals surface area contributed by atoms with Crippen LogP contribution in [0.5, 0.6) is 0 Å². The molecule has 0 aromatic heterocycles. The zero-order valence-corrected chi connectivity index (χ0v) is 21.3. The van der Waals surface area contributed by atoms with Gasteiger partial charge in [0.15, 0.2) is 0 Å². The van der Waals surface area contributed by atoms with E-state index < -0.39 is 12.0 Å². The van der Waals surface area contributed by atoms with Gasteiger partial charge in [0, 0.05) is 6.42 Å². The maximum atomic E-state index is 12.0. The molecule has 5 heteroatoms. The van der Waals surface area contributed by atoms with Crippen LogP contribution in [0.3, 0.4) is 0 Å². The van der Waals surface area contributed by atoms with Gasteiger partial charge in [-0.2, -0.15) is 0 Å². The third kappa shape index (κ3) is 15.9. The first kappa shape index (κ1) is 29.2. The summed E-state index contributed by atoms with van der Waals surface area (Å²) in [5.41, 5.74) is 0.878. The molecule has 0 fully saturated rings. The van der Waals surface area contributed by atoms with E-state index in [-0.39, 0.29) is 41.9 Å². The van der Waals surface area contributed by atoms with Gasteiger partial charge in [-0.1, -0.05) is 114 Å². The molecule has 0 spiro atoms. The largest absolute Gasteiger partial charge is 1.00 e. The summed E-state index contributed by atoms with van der Waals surface area (Å²) in [6.07, 6.45) is 17.0. The molecule has 1 aromatic rings. The van der Waals surface area contributed by atoms with Gasteiger partial charge in [0.05, 0.1) is 12.0 Å². The second kappa shape index (κ2) is 20.1. The first-order valence-corrected chi connectivity index (χ1v) is 11.7. The third-order valence-electron chi connectivity index (χ3n) is 5.41. The van der Waals surface area contributed by atoms with Gasteiger partial charge in [0.2, 0.25) is 5.91 Å². The second-order valence-electron chi connectivity index (χ2n) is 8.12. The average Bonchev–Trinajstić information content (AvgIpc) is 2.71. The summed E-state index contributed by atoms with van der Waals surface area (Å²) in [5.74, 6) is -1.43. The van der Waals surface area contributed by atoms with Crippen LogP contribution < -0.4 is 40.0 Å². The van der Waals surface area contributed by atoms with Crippen LogP contribution >= 0.6 is 0 Å². The standard InChI is InChI=1S/C25H41NO3.Na/c1-2-3-4-5-6-7-8-9-10-11-12-13-17-20-24(27)26-23(25(28)29)21-22-18-15-14-16-19-22;/h14-16,18-19,23H,2-13,17,20-21H2,1H3,(H,26,27)(H,28,29);/q;+1/p-1. The van der Waals surface area contributed by atoms with Crippen LogP contribution in [-0.2, 0) is 16.0 Å². The fourth-order valence-electron chi connectivity index (χ4n) is 3.61. The molecule has 1 unspecified atom stereocenters. The number of hydrogen-bond acceptors (Lipinski definition) is 3. The van der Waals surface area contributed by atoms with Crippen LogP contribution in [0.1, 0.15) is 102 Å². The van der Waals surface area contributed by atoms with E-state index in [0.29, 0.717) is 6.42 Å². The quantitative estimate of drug-likeness (QED) is 0.289. The van der Waals surface area contributed by atoms with Crippen LogP contribution in [0.2, 0.25) is 0 Å². The number of benzene rings is 1. The predicted octanol–water partition coefficient (Wildman–Crippen LogP) is 1.95. The third-order valence-corrected chi connectivity index (χ3v) is 5.41. The van der Waals surface area contributed by atoms with Crippen molar-refractivity contribution in [3.8, 4) is 0 Å².